The summed E-state index contributed by atoms with van der Waals surface area (Å²) in [5.41, 5.74) is 1.07. The van der Waals surface area contributed by atoms with Gasteiger partial charge in [-0.15, -0.1) is 0 Å². The van der Waals surface area contributed by atoms with Gasteiger partial charge in [0.05, 0.1) is 10.2 Å². The number of nitrogens with one attached hydrogen (secondary N) is 2. The molecule has 7 heteroatoms. The predicted molar refractivity (Wildman–Crippen MR) is 107 cm³/mol. The van der Waals surface area contributed by atoms with E-state index in [1.807, 2.05) is 0 Å². The Labute approximate surface area is 157 Å². The van der Waals surface area contributed by atoms with Crippen LogP contribution in [0.2, 0.25) is 0 Å². The van der Waals surface area contributed by atoms with Gasteiger partial charge in [0.2, 0.25) is 6.41 Å². The summed E-state index contributed by atoms with van der Waals surface area (Å²) in [6.07, 6.45) is 4.25. The molecule has 1 amide bonds. The molecule has 1 aliphatic carbocycles. The van der Waals surface area contributed by atoms with Gasteiger partial charge in [0.15, 0.2) is 5.13 Å². The second-order valence-corrected chi connectivity index (χ2v) is 9.07. The highest BCUT2D eigenvalue weighted by Crippen LogP contribution is 2.34. The minimum atomic E-state index is 0.605. The van der Waals surface area contributed by atoms with Crippen LogP contribution in [0.1, 0.15) is 33.1 Å². The molecule has 0 unspecified atom stereocenters. The van der Waals surface area contributed by atoms with Gasteiger partial charge in [-0.05, 0) is 55.3 Å². The lowest BCUT2D eigenvalue weighted by molar-refractivity contribution is -0.109. The largest absolute Gasteiger partial charge is 0.359 e. The summed E-state index contributed by atoms with van der Waals surface area (Å²) >= 11 is 3.54. The van der Waals surface area contributed by atoms with Gasteiger partial charge in [0.1, 0.15) is 0 Å². The first-order valence-corrected chi connectivity index (χ1v) is 10.5. The van der Waals surface area contributed by atoms with Crippen molar-refractivity contribution in [3.8, 4) is 0 Å². The van der Waals surface area contributed by atoms with Crippen LogP contribution in [-0.4, -0.2) is 41.4 Å². The summed E-state index contributed by atoms with van der Waals surface area (Å²) < 4.78 is 3.63. The number of fused-ring (bicyclic) bond motifs is 1. The summed E-state index contributed by atoms with van der Waals surface area (Å²) in [7, 11) is 0. The average Bonchev–Trinajstić information content (AvgIpc) is 3.28. The van der Waals surface area contributed by atoms with Crippen LogP contribution in [0.3, 0.4) is 0 Å². The van der Waals surface area contributed by atoms with E-state index in [4.69, 9.17) is 0 Å². The van der Waals surface area contributed by atoms with Crippen molar-refractivity contribution in [2.45, 2.75) is 44.0 Å². The number of rotatable bonds is 11. The fourth-order valence-electron chi connectivity index (χ4n) is 2.57. The van der Waals surface area contributed by atoms with Crippen LogP contribution in [0.15, 0.2) is 23.1 Å². The number of amides is 1. The maximum atomic E-state index is 10.4. The van der Waals surface area contributed by atoms with Crippen LogP contribution in [0.25, 0.3) is 10.2 Å². The molecule has 1 fully saturated rings. The lowest BCUT2D eigenvalue weighted by Crippen LogP contribution is -2.25. The Morgan fingerprint density at radius 3 is 3.00 bits per heavy atom. The van der Waals surface area contributed by atoms with Crippen molar-refractivity contribution >= 4 is 45.0 Å². The molecule has 0 radical (unpaired) electrons. The molecule has 0 saturated heterocycles. The fraction of sp³-hybridized carbons (Fsp3) is 0.556. The number of anilines is 1. The van der Waals surface area contributed by atoms with E-state index in [0.717, 1.165) is 43.1 Å². The standard InChI is InChI=1S/C18H26N4OS2/c1-13(2)11-22(9-3-8-19-12-23)25-15-6-7-16-17(10-15)24-18(21-16)20-14-4-5-14/h6-7,10,12-14H,3-5,8-9,11H2,1-2H3,(H,19,23)(H,20,21). The molecule has 136 valence electrons. The lowest BCUT2D eigenvalue weighted by atomic mass is 10.2. The molecule has 1 aliphatic rings. The van der Waals surface area contributed by atoms with Crippen molar-refractivity contribution < 1.29 is 4.79 Å². The van der Waals surface area contributed by atoms with E-state index >= 15 is 0 Å². The number of nitrogens with zero attached hydrogens (tertiary/aromatic N) is 2. The minimum Gasteiger partial charge on any atom is -0.359 e. The van der Waals surface area contributed by atoms with Gasteiger partial charge in [-0.3, -0.25) is 4.79 Å². The molecule has 0 spiro atoms. The summed E-state index contributed by atoms with van der Waals surface area (Å²) in [5.74, 6) is 0.605. The average molecular weight is 379 g/mol. The van der Waals surface area contributed by atoms with E-state index in [9.17, 15) is 4.79 Å². The third kappa shape index (κ3) is 5.87. The van der Waals surface area contributed by atoms with E-state index < -0.39 is 0 Å². The number of thiazole rings is 1. The molecule has 0 bridgehead atoms. The summed E-state index contributed by atoms with van der Waals surface area (Å²) in [5, 5.41) is 7.26. The van der Waals surface area contributed by atoms with Crippen molar-refractivity contribution in [3.63, 3.8) is 0 Å². The zero-order chi connectivity index (χ0) is 17.6. The van der Waals surface area contributed by atoms with Gasteiger partial charge in [-0.25, -0.2) is 9.29 Å². The molecule has 0 atom stereocenters. The van der Waals surface area contributed by atoms with Crippen molar-refractivity contribution in [2.24, 2.45) is 5.92 Å². The van der Waals surface area contributed by atoms with E-state index in [0.29, 0.717) is 12.0 Å². The molecule has 5 nitrogen and oxygen atoms in total. The van der Waals surface area contributed by atoms with Gasteiger partial charge in [-0.1, -0.05) is 25.2 Å². The van der Waals surface area contributed by atoms with Crippen LogP contribution in [0.5, 0.6) is 0 Å². The van der Waals surface area contributed by atoms with E-state index in [-0.39, 0.29) is 0 Å². The van der Waals surface area contributed by atoms with Crippen LogP contribution in [0.4, 0.5) is 5.13 Å². The molecule has 1 saturated carbocycles. The highest BCUT2D eigenvalue weighted by Gasteiger charge is 2.22. The molecule has 25 heavy (non-hydrogen) atoms. The van der Waals surface area contributed by atoms with Crippen molar-refractivity contribution in [3.05, 3.63) is 18.2 Å². The smallest absolute Gasteiger partial charge is 0.207 e. The topological polar surface area (TPSA) is 57.3 Å². The Morgan fingerprint density at radius 2 is 2.28 bits per heavy atom. The molecule has 0 aliphatic heterocycles. The summed E-state index contributed by atoms with van der Waals surface area (Å²) in [6, 6.07) is 7.15. The van der Waals surface area contributed by atoms with Crippen LogP contribution in [0, 0.1) is 5.92 Å². The number of carbonyl (C=O) groups is 1. The number of carbonyl (C=O) groups excluding carboxylic acids is 1. The summed E-state index contributed by atoms with van der Waals surface area (Å²) in [6.45, 7) is 7.18. The minimum absolute atomic E-state index is 0.605. The fourth-order valence-corrected chi connectivity index (χ4v) is 4.82. The Bertz CT molecular complexity index is 699. The molecule has 1 aromatic heterocycles. The Kier molecular flexibility index (Phi) is 6.56. The Morgan fingerprint density at radius 1 is 1.44 bits per heavy atom. The number of aromatic nitrogens is 1. The second-order valence-electron chi connectivity index (χ2n) is 6.87. The van der Waals surface area contributed by atoms with Gasteiger partial charge in [-0.2, -0.15) is 0 Å². The quantitative estimate of drug-likeness (QED) is 0.352. The SMILES string of the molecule is CC(C)CN(CCCNC=O)Sc1ccc2nc(NC3CC3)sc2c1. The first-order valence-electron chi connectivity index (χ1n) is 8.91. The van der Waals surface area contributed by atoms with Crippen molar-refractivity contribution in [1.82, 2.24) is 14.6 Å². The molecule has 2 aromatic rings. The van der Waals surface area contributed by atoms with Crippen molar-refractivity contribution in [2.75, 3.05) is 25.0 Å². The van der Waals surface area contributed by atoms with E-state index in [1.54, 1.807) is 23.3 Å². The van der Waals surface area contributed by atoms with Gasteiger partial charge in [0, 0.05) is 30.6 Å². The number of benzene rings is 1. The van der Waals surface area contributed by atoms with Gasteiger partial charge in [0.25, 0.3) is 0 Å². The molecular formula is C18H26N4OS2. The first-order chi connectivity index (χ1) is 12.1. The third-order valence-electron chi connectivity index (χ3n) is 3.88. The molecule has 3 rings (SSSR count). The second kappa shape index (κ2) is 8.87. The van der Waals surface area contributed by atoms with Gasteiger partial charge < -0.3 is 10.6 Å². The van der Waals surface area contributed by atoms with Crippen LogP contribution in [-0.2, 0) is 4.79 Å². The number of hydrogen-bond donors (Lipinski definition) is 2. The molecule has 1 heterocycles. The highest BCUT2D eigenvalue weighted by molar-refractivity contribution is 7.97. The highest BCUT2D eigenvalue weighted by atomic mass is 32.2. The zero-order valence-corrected chi connectivity index (χ0v) is 16.5. The Balaban J connectivity index is 1.63. The lowest BCUT2D eigenvalue weighted by Gasteiger charge is -2.23. The predicted octanol–water partition coefficient (Wildman–Crippen LogP) is 3.97. The van der Waals surface area contributed by atoms with Crippen molar-refractivity contribution in [1.29, 1.82) is 0 Å². The summed E-state index contributed by atoms with van der Waals surface area (Å²) in [4.78, 5) is 16.3. The van der Waals surface area contributed by atoms with E-state index in [1.165, 1.54) is 22.4 Å². The third-order valence-corrected chi connectivity index (χ3v) is 5.88. The van der Waals surface area contributed by atoms with Gasteiger partial charge >= 0.3 is 0 Å². The molecule has 1 aromatic carbocycles. The normalized spacial score (nSPS) is 14.4. The monoisotopic (exact) mass is 378 g/mol. The van der Waals surface area contributed by atoms with Crippen LogP contribution < -0.4 is 10.6 Å². The first kappa shape index (κ1) is 18.5. The maximum absolute atomic E-state index is 10.4. The molecule has 2 N–H and O–H groups in total. The Hall–Kier alpha value is -1.31. The van der Waals surface area contributed by atoms with E-state index in [2.05, 4.69) is 52.0 Å². The zero-order valence-electron chi connectivity index (χ0n) is 14.8. The number of hydrogen-bond acceptors (Lipinski definition) is 6. The molecular weight excluding hydrogens is 352 g/mol. The maximum Gasteiger partial charge on any atom is 0.207 e. The van der Waals surface area contributed by atoms with Crippen LogP contribution >= 0.6 is 23.3 Å².